The number of aliphatic carboxylic acids is 1. The third kappa shape index (κ3) is 4.20. The molecule has 0 aliphatic heterocycles. The number of carbonyl (C=O) groups is 1. The molecule has 17 heavy (non-hydrogen) atoms. The molecule has 0 radical (unpaired) electrons. The Hall–Kier alpha value is -1.34. The van der Waals surface area contributed by atoms with E-state index in [-0.39, 0.29) is 17.9 Å². The van der Waals surface area contributed by atoms with Crippen molar-refractivity contribution in [3.8, 4) is 0 Å². The van der Waals surface area contributed by atoms with Gasteiger partial charge in [-0.05, 0) is 32.4 Å². The quantitative estimate of drug-likeness (QED) is 0.802. The highest BCUT2D eigenvalue weighted by Crippen LogP contribution is 2.17. The summed E-state index contributed by atoms with van der Waals surface area (Å²) in [5.74, 6) is -0.963. The number of carboxylic acid groups (broad SMARTS) is 1. The van der Waals surface area contributed by atoms with Gasteiger partial charge in [-0.25, -0.2) is 13.1 Å². The number of hydrogen-bond donors (Lipinski definition) is 2. The first kappa shape index (κ1) is 13.7. The number of nitrogens with one attached hydrogen (secondary N) is 1. The fourth-order valence-electron chi connectivity index (χ4n) is 1.30. The van der Waals surface area contributed by atoms with Crippen LogP contribution in [0.1, 0.15) is 26.7 Å². The van der Waals surface area contributed by atoms with Gasteiger partial charge in [0.2, 0.25) is 5.09 Å². The van der Waals surface area contributed by atoms with E-state index in [0.29, 0.717) is 0 Å². The van der Waals surface area contributed by atoms with Gasteiger partial charge in [-0.15, -0.1) is 0 Å². The van der Waals surface area contributed by atoms with E-state index in [9.17, 15) is 13.2 Å². The Balaban J connectivity index is 2.73. The van der Waals surface area contributed by atoms with Crippen LogP contribution in [0, 0.1) is 0 Å². The molecular weight excluding hydrogens is 246 g/mol. The molecule has 0 aliphatic carbocycles. The molecule has 96 valence electrons. The van der Waals surface area contributed by atoms with Crippen molar-refractivity contribution in [3.05, 3.63) is 18.4 Å². The van der Waals surface area contributed by atoms with Crippen LogP contribution in [0.15, 0.2) is 27.9 Å². The molecule has 0 aliphatic rings. The van der Waals surface area contributed by atoms with E-state index < -0.39 is 21.5 Å². The van der Waals surface area contributed by atoms with Crippen molar-refractivity contribution >= 4 is 16.0 Å². The maximum atomic E-state index is 11.8. The summed E-state index contributed by atoms with van der Waals surface area (Å²) in [7, 11) is -3.73. The van der Waals surface area contributed by atoms with Gasteiger partial charge in [-0.1, -0.05) is 0 Å². The molecule has 2 N–H and O–H groups in total. The van der Waals surface area contributed by atoms with Gasteiger partial charge in [-0.2, -0.15) is 0 Å². The Morgan fingerprint density at radius 2 is 2.18 bits per heavy atom. The zero-order valence-electron chi connectivity index (χ0n) is 9.63. The lowest BCUT2D eigenvalue weighted by atomic mass is 10.0. The maximum Gasteiger partial charge on any atom is 0.303 e. The summed E-state index contributed by atoms with van der Waals surface area (Å²) in [6, 6.07) is 2.80. The minimum absolute atomic E-state index is 0.103. The van der Waals surface area contributed by atoms with Gasteiger partial charge in [0.05, 0.1) is 6.26 Å². The molecule has 6 nitrogen and oxygen atoms in total. The first-order valence-corrected chi connectivity index (χ1v) is 6.50. The van der Waals surface area contributed by atoms with E-state index in [4.69, 9.17) is 9.52 Å². The molecule has 0 atom stereocenters. The van der Waals surface area contributed by atoms with Crippen LogP contribution in [0.5, 0.6) is 0 Å². The van der Waals surface area contributed by atoms with Gasteiger partial charge in [0.15, 0.2) is 0 Å². The van der Waals surface area contributed by atoms with Crippen LogP contribution in [-0.4, -0.2) is 25.0 Å². The van der Waals surface area contributed by atoms with Crippen molar-refractivity contribution in [2.75, 3.05) is 0 Å². The van der Waals surface area contributed by atoms with Crippen molar-refractivity contribution < 1.29 is 22.7 Å². The highest BCUT2D eigenvalue weighted by Gasteiger charge is 2.28. The van der Waals surface area contributed by atoms with Crippen LogP contribution in [0.2, 0.25) is 0 Å². The van der Waals surface area contributed by atoms with Crippen LogP contribution in [-0.2, 0) is 14.8 Å². The second-order valence-electron chi connectivity index (χ2n) is 4.32. The van der Waals surface area contributed by atoms with Crippen LogP contribution < -0.4 is 4.72 Å². The highest BCUT2D eigenvalue weighted by atomic mass is 32.2. The van der Waals surface area contributed by atoms with E-state index in [2.05, 4.69) is 4.72 Å². The highest BCUT2D eigenvalue weighted by molar-refractivity contribution is 7.89. The summed E-state index contributed by atoms with van der Waals surface area (Å²) in [5, 5.41) is 8.38. The van der Waals surface area contributed by atoms with Crippen molar-refractivity contribution in [3.63, 3.8) is 0 Å². The largest absolute Gasteiger partial charge is 0.481 e. The Morgan fingerprint density at radius 3 is 2.65 bits per heavy atom. The standard InChI is InChI=1S/C10H15NO5S/c1-10(2,6-5-8(12)13)11-17(14,15)9-4-3-7-16-9/h3-4,7,11H,5-6H2,1-2H3,(H,12,13). The molecule has 0 saturated heterocycles. The second-order valence-corrected chi connectivity index (χ2v) is 5.93. The minimum atomic E-state index is -3.73. The molecule has 0 amide bonds. The molecule has 0 fully saturated rings. The predicted molar refractivity (Wildman–Crippen MR) is 60.0 cm³/mol. The van der Waals surface area contributed by atoms with Crippen molar-refractivity contribution in [2.45, 2.75) is 37.3 Å². The molecular formula is C10H15NO5S. The van der Waals surface area contributed by atoms with Gasteiger partial charge < -0.3 is 9.52 Å². The van der Waals surface area contributed by atoms with E-state index in [1.54, 1.807) is 13.8 Å². The number of hydrogen-bond acceptors (Lipinski definition) is 4. The lowest BCUT2D eigenvalue weighted by Gasteiger charge is -2.24. The Labute approximate surface area is 99.7 Å². The van der Waals surface area contributed by atoms with E-state index in [1.807, 2.05) is 0 Å². The minimum Gasteiger partial charge on any atom is -0.481 e. The topological polar surface area (TPSA) is 96.6 Å². The fourth-order valence-corrected chi connectivity index (χ4v) is 2.67. The molecule has 0 saturated carbocycles. The Bertz CT molecular complexity index is 475. The number of rotatable bonds is 6. The van der Waals surface area contributed by atoms with Crippen LogP contribution in [0.4, 0.5) is 0 Å². The molecule has 1 aromatic rings. The van der Waals surface area contributed by atoms with Crippen molar-refractivity contribution in [1.82, 2.24) is 4.72 Å². The average Bonchev–Trinajstić information content (AvgIpc) is 2.66. The van der Waals surface area contributed by atoms with Crippen molar-refractivity contribution in [2.24, 2.45) is 0 Å². The lowest BCUT2D eigenvalue weighted by Crippen LogP contribution is -2.43. The number of carboxylic acids is 1. The monoisotopic (exact) mass is 261 g/mol. The van der Waals surface area contributed by atoms with E-state index in [0.717, 1.165) is 0 Å². The molecule has 1 rings (SSSR count). The summed E-state index contributed by atoms with van der Waals surface area (Å²) in [4.78, 5) is 10.4. The number of sulfonamides is 1. The first-order valence-electron chi connectivity index (χ1n) is 5.02. The summed E-state index contributed by atoms with van der Waals surface area (Å²) < 4.78 is 30.8. The lowest BCUT2D eigenvalue weighted by molar-refractivity contribution is -0.137. The third-order valence-electron chi connectivity index (χ3n) is 2.13. The van der Waals surface area contributed by atoms with Crippen molar-refractivity contribution in [1.29, 1.82) is 0 Å². The molecule has 0 spiro atoms. The summed E-state index contributed by atoms with van der Waals surface area (Å²) in [6.07, 6.45) is 1.36. The fraction of sp³-hybridized carbons (Fsp3) is 0.500. The zero-order chi connectivity index (χ0) is 13.1. The first-order chi connectivity index (χ1) is 7.73. The maximum absolute atomic E-state index is 11.8. The summed E-state index contributed by atoms with van der Waals surface area (Å²) in [5.41, 5.74) is -0.843. The van der Waals surface area contributed by atoms with E-state index >= 15 is 0 Å². The normalized spacial score (nSPS) is 12.6. The van der Waals surface area contributed by atoms with Gasteiger partial charge in [0.25, 0.3) is 10.0 Å². The zero-order valence-corrected chi connectivity index (χ0v) is 10.5. The van der Waals surface area contributed by atoms with Crippen LogP contribution in [0.3, 0.4) is 0 Å². The Kier molecular flexibility index (Phi) is 3.94. The average molecular weight is 261 g/mol. The van der Waals surface area contributed by atoms with Crippen LogP contribution >= 0.6 is 0 Å². The third-order valence-corrected chi connectivity index (χ3v) is 3.72. The van der Waals surface area contributed by atoms with Crippen LogP contribution in [0.25, 0.3) is 0 Å². The second kappa shape index (κ2) is 4.89. The molecule has 0 unspecified atom stereocenters. The number of furan rings is 1. The molecule has 1 aromatic heterocycles. The SMILES string of the molecule is CC(C)(CCC(=O)O)NS(=O)(=O)c1ccco1. The summed E-state index contributed by atoms with van der Waals surface area (Å²) >= 11 is 0. The van der Waals surface area contributed by atoms with Gasteiger partial charge in [0.1, 0.15) is 0 Å². The van der Waals surface area contributed by atoms with Gasteiger partial charge >= 0.3 is 5.97 Å². The molecule has 0 bridgehead atoms. The smallest absolute Gasteiger partial charge is 0.303 e. The van der Waals surface area contributed by atoms with Gasteiger partial charge in [0, 0.05) is 12.0 Å². The molecule has 7 heteroatoms. The molecule has 0 aromatic carbocycles. The Morgan fingerprint density at radius 1 is 1.53 bits per heavy atom. The predicted octanol–water partition coefficient (Wildman–Crippen LogP) is 1.20. The van der Waals surface area contributed by atoms with Gasteiger partial charge in [-0.3, -0.25) is 4.79 Å². The summed E-state index contributed by atoms with van der Waals surface area (Å²) in [6.45, 7) is 3.24. The van der Waals surface area contributed by atoms with E-state index in [1.165, 1.54) is 18.4 Å². The molecule has 1 heterocycles.